The van der Waals surface area contributed by atoms with Crippen molar-refractivity contribution in [2.75, 3.05) is 33.0 Å². The Morgan fingerprint density at radius 3 is 2.52 bits per heavy atom. The quantitative estimate of drug-likeness (QED) is 0.424. The largest absolute Gasteiger partial charge is 0.508 e. The minimum atomic E-state index is -0.159. The molecule has 0 unspecified atom stereocenters. The van der Waals surface area contributed by atoms with Crippen molar-refractivity contribution < 1.29 is 19.7 Å². The molecule has 3 rings (SSSR count). The summed E-state index contributed by atoms with van der Waals surface area (Å²) in [7, 11) is 0. The third-order valence-electron chi connectivity index (χ3n) is 5.89. The Hall–Kier alpha value is -1.92. The number of ether oxygens (including phenoxy) is 2. The van der Waals surface area contributed by atoms with Crippen LogP contribution < -0.4 is 0 Å². The molecule has 0 aliphatic carbocycles. The van der Waals surface area contributed by atoms with Crippen LogP contribution in [0.15, 0.2) is 48.5 Å². The van der Waals surface area contributed by atoms with Gasteiger partial charge < -0.3 is 19.7 Å². The molecule has 0 radical (unpaired) electrons. The first-order chi connectivity index (χ1) is 15.3. The second-order valence-corrected chi connectivity index (χ2v) is 8.38. The van der Waals surface area contributed by atoms with E-state index < -0.39 is 0 Å². The fourth-order valence-corrected chi connectivity index (χ4v) is 4.00. The molecule has 5 nitrogen and oxygen atoms in total. The van der Waals surface area contributed by atoms with Crippen LogP contribution in [0.3, 0.4) is 0 Å². The first-order valence-electron chi connectivity index (χ1n) is 11.6. The molecule has 31 heavy (non-hydrogen) atoms. The van der Waals surface area contributed by atoms with Crippen LogP contribution in [0.1, 0.15) is 61.3 Å². The molecule has 0 aromatic heterocycles. The number of unbranched alkanes of at least 4 members (excludes halogenated alkanes) is 4. The number of hydrogen-bond donors (Lipinski definition) is 2. The van der Waals surface area contributed by atoms with Crippen LogP contribution in [-0.4, -0.2) is 48.1 Å². The number of aromatic hydroxyl groups is 1. The van der Waals surface area contributed by atoms with Gasteiger partial charge in [0.05, 0.1) is 19.4 Å². The van der Waals surface area contributed by atoms with Crippen molar-refractivity contribution in [3.63, 3.8) is 0 Å². The molecule has 1 aliphatic heterocycles. The zero-order chi connectivity index (χ0) is 21.7. The first-order valence-corrected chi connectivity index (χ1v) is 11.6. The summed E-state index contributed by atoms with van der Waals surface area (Å²) in [6, 6.07) is 16.0. The minimum Gasteiger partial charge on any atom is -0.508 e. The molecular formula is C26H37NO4. The standard InChI is InChI=1S/C26H37NO4/c28-20-24-18-23(13-14-25(24)29)26-19-27(21-31-26)15-7-1-2-8-16-30-17-9-6-12-22-10-4-3-5-11-22/h3-5,10-11,13-14,18,26,28-29H,1-2,6-9,12,15-17,19-21H2/t26-/m0/s1. The highest BCUT2D eigenvalue weighted by atomic mass is 16.5. The Kier molecular flexibility index (Phi) is 10.3. The molecular weight excluding hydrogens is 390 g/mol. The normalized spacial score (nSPS) is 16.7. The predicted octanol–water partition coefficient (Wildman–Crippen LogP) is 4.82. The molecule has 0 bridgehead atoms. The number of aliphatic hydroxyl groups excluding tert-OH is 1. The molecule has 2 N–H and O–H groups in total. The molecule has 2 aromatic carbocycles. The number of benzene rings is 2. The highest BCUT2D eigenvalue weighted by Gasteiger charge is 2.24. The van der Waals surface area contributed by atoms with E-state index in [1.54, 1.807) is 6.07 Å². The fraction of sp³-hybridized carbons (Fsp3) is 0.538. The molecule has 1 aliphatic rings. The van der Waals surface area contributed by atoms with Crippen LogP contribution in [-0.2, 0) is 22.5 Å². The number of hydrogen-bond acceptors (Lipinski definition) is 5. The summed E-state index contributed by atoms with van der Waals surface area (Å²) in [4.78, 5) is 2.33. The number of aryl methyl sites for hydroxylation is 1. The molecule has 1 saturated heterocycles. The average molecular weight is 428 g/mol. The monoisotopic (exact) mass is 427 g/mol. The van der Waals surface area contributed by atoms with Crippen molar-refractivity contribution in [3.8, 4) is 5.75 Å². The maximum atomic E-state index is 9.71. The third kappa shape index (κ3) is 8.26. The summed E-state index contributed by atoms with van der Waals surface area (Å²) in [5.41, 5.74) is 2.98. The topological polar surface area (TPSA) is 62.2 Å². The van der Waals surface area contributed by atoms with Crippen LogP contribution >= 0.6 is 0 Å². The van der Waals surface area contributed by atoms with E-state index in [9.17, 15) is 10.2 Å². The summed E-state index contributed by atoms with van der Waals surface area (Å²) in [5.74, 6) is 0.136. The Morgan fingerprint density at radius 1 is 0.935 bits per heavy atom. The molecule has 2 aromatic rings. The highest BCUT2D eigenvalue weighted by Crippen LogP contribution is 2.28. The van der Waals surface area contributed by atoms with Crippen molar-refractivity contribution in [2.24, 2.45) is 0 Å². The molecule has 0 amide bonds. The molecule has 1 fully saturated rings. The van der Waals surface area contributed by atoms with Crippen molar-refractivity contribution in [3.05, 3.63) is 65.2 Å². The summed E-state index contributed by atoms with van der Waals surface area (Å²) in [6.45, 7) is 4.13. The highest BCUT2D eigenvalue weighted by molar-refractivity contribution is 5.36. The molecule has 5 heteroatoms. The molecule has 170 valence electrons. The van der Waals surface area contributed by atoms with Gasteiger partial charge in [0.2, 0.25) is 0 Å². The minimum absolute atomic E-state index is 0.0150. The van der Waals surface area contributed by atoms with Gasteiger partial charge in [0.1, 0.15) is 5.75 Å². The lowest BCUT2D eigenvalue weighted by atomic mass is 10.1. The maximum absolute atomic E-state index is 9.71. The number of nitrogens with zero attached hydrogens (tertiary/aromatic N) is 1. The van der Waals surface area contributed by atoms with Crippen LogP contribution in [0.2, 0.25) is 0 Å². The average Bonchev–Trinajstić information content (AvgIpc) is 3.27. The Labute approximate surface area is 186 Å². The zero-order valence-corrected chi connectivity index (χ0v) is 18.5. The fourth-order valence-electron chi connectivity index (χ4n) is 4.00. The SMILES string of the molecule is OCc1cc([C@@H]2CN(CCCCCCOCCCCc3ccccc3)CO2)ccc1O. The van der Waals surface area contributed by atoms with E-state index in [1.807, 2.05) is 12.1 Å². The molecule has 0 spiro atoms. The Morgan fingerprint density at radius 2 is 1.71 bits per heavy atom. The van der Waals surface area contributed by atoms with Crippen LogP contribution in [0.5, 0.6) is 5.75 Å². The van der Waals surface area contributed by atoms with Crippen molar-refractivity contribution in [2.45, 2.75) is 57.7 Å². The lowest BCUT2D eigenvalue weighted by molar-refractivity contribution is 0.0890. The van der Waals surface area contributed by atoms with Gasteiger partial charge in [-0.2, -0.15) is 0 Å². The zero-order valence-electron chi connectivity index (χ0n) is 18.5. The van der Waals surface area contributed by atoms with Crippen molar-refractivity contribution in [1.29, 1.82) is 0 Å². The smallest absolute Gasteiger partial charge is 0.121 e. The lowest BCUT2D eigenvalue weighted by Gasteiger charge is -2.14. The third-order valence-corrected chi connectivity index (χ3v) is 5.89. The summed E-state index contributed by atoms with van der Waals surface area (Å²) >= 11 is 0. The van der Waals surface area contributed by atoms with E-state index in [2.05, 4.69) is 35.2 Å². The second-order valence-electron chi connectivity index (χ2n) is 8.38. The van der Waals surface area contributed by atoms with Crippen molar-refractivity contribution >= 4 is 0 Å². The Balaban J connectivity index is 1.16. The van der Waals surface area contributed by atoms with E-state index in [0.717, 1.165) is 51.1 Å². The van der Waals surface area contributed by atoms with Crippen LogP contribution in [0.25, 0.3) is 0 Å². The molecule has 1 heterocycles. The van der Waals surface area contributed by atoms with Crippen molar-refractivity contribution in [1.82, 2.24) is 4.90 Å². The van der Waals surface area contributed by atoms with Gasteiger partial charge in [0, 0.05) is 31.9 Å². The number of phenols is 1. The first kappa shape index (κ1) is 23.7. The van der Waals surface area contributed by atoms with Gasteiger partial charge in [0.25, 0.3) is 0 Å². The van der Waals surface area contributed by atoms with E-state index in [4.69, 9.17) is 9.47 Å². The summed E-state index contributed by atoms with van der Waals surface area (Å²) in [6.07, 6.45) is 8.20. The summed E-state index contributed by atoms with van der Waals surface area (Å²) in [5, 5.41) is 19.0. The van der Waals surface area contributed by atoms with Gasteiger partial charge in [0.15, 0.2) is 0 Å². The Bertz CT molecular complexity index is 752. The van der Waals surface area contributed by atoms with E-state index in [0.29, 0.717) is 12.3 Å². The van der Waals surface area contributed by atoms with Gasteiger partial charge in [-0.05, 0) is 55.4 Å². The molecule has 0 saturated carbocycles. The number of aliphatic hydroxyl groups is 1. The van der Waals surface area contributed by atoms with Crippen LogP contribution in [0, 0.1) is 0 Å². The van der Waals surface area contributed by atoms with Gasteiger partial charge >= 0.3 is 0 Å². The maximum Gasteiger partial charge on any atom is 0.121 e. The summed E-state index contributed by atoms with van der Waals surface area (Å²) < 4.78 is 11.7. The van der Waals surface area contributed by atoms with Crippen LogP contribution in [0.4, 0.5) is 0 Å². The van der Waals surface area contributed by atoms with Gasteiger partial charge in [-0.15, -0.1) is 0 Å². The van der Waals surface area contributed by atoms with Gasteiger partial charge in [-0.25, -0.2) is 0 Å². The van der Waals surface area contributed by atoms with Gasteiger partial charge in [-0.1, -0.05) is 49.2 Å². The second kappa shape index (κ2) is 13.5. The lowest BCUT2D eigenvalue weighted by Crippen LogP contribution is -2.21. The van der Waals surface area contributed by atoms with Gasteiger partial charge in [-0.3, -0.25) is 4.90 Å². The molecule has 1 atom stereocenters. The van der Waals surface area contributed by atoms with E-state index >= 15 is 0 Å². The predicted molar refractivity (Wildman–Crippen MR) is 123 cm³/mol. The van der Waals surface area contributed by atoms with E-state index in [1.165, 1.54) is 31.2 Å². The number of rotatable bonds is 14. The van der Waals surface area contributed by atoms with E-state index in [-0.39, 0.29) is 18.5 Å².